The van der Waals surface area contributed by atoms with Crippen LogP contribution >= 0.6 is 0 Å². The summed E-state index contributed by atoms with van der Waals surface area (Å²) in [5.74, 6) is 0.629. The largest absolute Gasteiger partial charge is 0.508 e. The molecule has 6 nitrogen and oxygen atoms in total. The third kappa shape index (κ3) is 6.17. The Bertz CT molecular complexity index is 909. The predicted molar refractivity (Wildman–Crippen MR) is 104 cm³/mol. The third-order valence-corrected chi connectivity index (χ3v) is 3.67. The van der Waals surface area contributed by atoms with Gasteiger partial charge in [-0.3, -0.25) is 4.79 Å². The molecule has 0 atom stereocenters. The molecule has 0 spiro atoms. The van der Waals surface area contributed by atoms with Gasteiger partial charge in [-0.15, -0.1) is 0 Å². The Kier molecular flexibility index (Phi) is 7.16. The first kappa shape index (κ1) is 20.5. The summed E-state index contributed by atoms with van der Waals surface area (Å²) >= 11 is 0. The van der Waals surface area contributed by atoms with E-state index in [4.69, 9.17) is 19.7 Å². The van der Waals surface area contributed by atoms with Crippen LogP contribution < -0.4 is 9.47 Å². The number of hydrogen-bond acceptors (Lipinski definition) is 6. The fourth-order valence-electron chi connectivity index (χ4n) is 2.17. The number of aromatic hydroxyl groups is 2. The van der Waals surface area contributed by atoms with Gasteiger partial charge in [-0.1, -0.05) is 17.7 Å². The highest BCUT2D eigenvalue weighted by atomic mass is 16.5. The molecule has 0 unspecified atom stereocenters. The average Bonchev–Trinajstić information content (AvgIpc) is 2.67. The van der Waals surface area contributed by atoms with E-state index in [1.165, 1.54) is 35.9 Å². The van der Waals surface area contributed by atoms with Crippen LogP contribution in [0.5, 0.6) is 23.0 Å². The smallest absolute Gasteiger partial charge is 0.343 e. The highest BCUT2D eigenvalue weighted by Gasteiger charge is 2.11. The number of carbonyl (C=O) groups is 2. The molecule has 0 saturated carbocycles. The summed E-state index contributed by atoms with van der Waals surface area (Å²) in [5.41, 5.74) is 2.16. The maximum atomic E-state index is 11.9. The average molecular weight is 380 g/mol. The van der Waals surface area contributed by atoms with Gasteiger partial charge in [0.1, 0.15) is 23.0 Å². The number of phenols is 2. The first-order chi connectivity index (χ1) is 13.4. The summed E-state index contributed by atoms with van der Waals surface area (Å²) in [4.78, 5) is 22.1. The van der Waals surface area contributed by atoms with Gasteiger partial charge in [-0.05, 0) is 74.0 Å². The van der Waals surface area contributed by atoms with Crippen molar-refractivity contribution in [1.82, 2.24) is 0 Å². The maximum Gasteiger partial charge on any atom is 0.343 e. The molecular weight excluding hydrogens is 360 g/mol. The number of rotatable bonds is 4. The number of ether oxygens (including phenoxy) is 2. The molecule has 0 saturated heterocycles. The summed E-state index contributed by atoms with van der Waals surface area (Å²) in [7, 11) is 0. The summed E-state index contributed by atoms with van der Waals surface area (Å²) in [5, 5.41) is 17.9. The molecule has 2 N–H and O–H groups in total. The van der Waals surface area contributed by atoms with Gasteiger partial charge < -0.3 is 19.7 Å². The standard InChI is InChI=1S/C15H12O5.C7H8O/c1-10-8-13(19-9-16)6-7-14(10)20-15(18)11-2-4-12(17)5-3-11;1-6-2-4-7(8)5-3-6/h2-9,17H,1H3;2-5,8H,1H3. The van der Waals surface area contributed by atoms with Crippen molar-refractivity contribution in [3.63, 3.8) is 0 Å². The molecule has 144 valence electrons. The number of phenolic OH excluding ortho intramolecular Hbond substituents is 2. The van der Waals surface area contributed by atoms with Crippen LogP contribution in [0.3, 0.4) is 0 Å². The lowest BCUT2D eigenvalue weighted by Gasteiger charge is -2.08. The number of aryl methyl sites for hydroxylation is 2. The van der Waals surface area contributed by atoms with Crippen molar-refractivity contribution < 1.29 is 29.3 Å². The van der Waals surface area contributed by atoms with Crippen LogP contribution in [0.2, 0.25) is 0 Å². The number of esters is 1. The van der Waals surface area contributed by atoms with Gasteiger partial charge in [0.25, 0.3) is 6.47 Å². The van der Waals surface area contributed by atoms with Gasteiger partial charge in [0.2, 0.25) is 0 Å². The SMILES string of the molecule is Cc1cc(OC=O)ccc1OC(=O)c1ccc(O)cc1.Cc1ccc(O)cc1. The van der Waals surface area contributed by atoms with Crippen molar-refractivity contribution in [3.05, 3.63) is 83.4 Å². The predicted octanol–water partition coefficient (Wildman–Crippen LogP) is 4.16. The van der Waals surface area contributed by atoms with Gasteiger partial charge in [-0.25, -0.2) is 4.79 Å². The second-order valence-corrected chi connectivity index (χ2v) is 5.91. The molecule has 3 aromatic rings. The van der Waals surface area contributed by atoms with Crippen LogP contribution in [0.1, 0.15) is 21.5 Å². The Balaban J connectivity index is 0.000000292. The summed E-state index contributed by atoms with van der Waals surface area (Å²) in [6, 6.07) is 17.5. The van der Waals surface area contributed by atoms with E-state index in [2.05, 4.69) is 0 Å². The molecule has 0 radical (unpaired) electrons. The molecule has 0 aliphatic heterocycles. The quantitative estimate of drug-likeness (QED) is 0.401. The minimum absolute atomic E-state index is 0.0769. The number of benzene rings is 3. The molecule has 3 aromatic carbocycles. The Morgan fingerprint density at radius 2 is 1.43 bits per heavy atom. The van der Waals surface area contributed by atoms with Gasteiger partial charge >= 0.3 is 5.97 Å². The van der Waals surface area contributed by atoms with Crippen LogP contribution in [0.25, 0.3) is 0 Å². The van der Waals surface area contributed by atoms with Crippen molar-refractivity contribution in [3.8, 4) is 23.0 Å². The molecule has 6 heteroatoms. The molecule has 0 aliphatic carbocycles. The third-order valence-electron chi connectivity index (χ3n) is 3.67. The van der Waals surface area contributed by atoms with E-state index >= 15 is 0 Å². The zero-order valence-electron chi connectivity index (χ0n) is 15.5. The zero-order chi connectivity index (χ0) is 20.5. The summed E-state index contributed by atoms with van der Waals surface area (Å²) in [6.45, 7) is 4.05. The molecule has 3 rings (SSSR count). The Hall–Kier alpha value is -3.80. The van der Waals surface area contributed by atoms with Crippen LogP contribution in [-0.4, -0.2) is 22.7 Å². The fraction of sp³-hybridized carbons (Fsp3) is 0.0909. The van der Waals surface area contributed by atoms with E-state index in [1.807, 2.05) is 19.1 Å². The van der Waals surface area contributed by atoms with Crippen LogP contribution in [0.15, 0.2) is 66.7 Å². The van der Waals surface area contributed by atoms with E-state index in [0.29, 0.717) is 34.8 Å². The lowest BCUT2D eigenvalue weighted by molar-refractivity contribution is -0.120. The number of hydrogen-bond donors (Lipinski definition) is 2. The van der Waals surface area contributed by atoms with Crippen molar-refractivity contribution in [2.45, 2.75) is 13.8 Å². The lowest BCUT2D eigenvalue weighted by atomic mass is 10.2. The molecule has 0 bridgehead atoms. The van der Waals surface area contributed by atoms with Crippen molar-refractivity contribution in [2.24, 2.45) is 0 Å². The molecule has 0 fully saturated rings. The van der Waals surface area contributed by atoms with Crippen LogP contribution in [0, 0.1) is 13.8 Å². The normalized spacial score (nSPS) is 9.64. The Morgan fingerprint density at radius 1 is 0.857 bits per heavy atom. The molecular formula is C22H20O6. The van der Waals surface area contributed by atoms with E-state index in [9.17, 15) is 9.59 Å². The number of carbonyl (C=O) groups excluding carboxylic acids is 2. The van der Waals surface area contributed by atoms with Crippen molar-refractivity contribution >= 4 is 12.4 Å². The summed E-state index contributed by atoms with van der Waals surface area (Å²) < 4.78 is 9.94. The Labute approximate surface area is 162 Å². The first-order valence-corrected chi connectivity index (χ1v) is 8.37. The van der Waals surface area contributed by atoms with E-state index in [-0.39, 0.29) is 5.75 Å². The Morgan fingerprint density at radius 3 is 1.93 bits per heavy atom. The van der Waals surface area contributed by atoms with Crippen LogP contribution in [0.4, 0.5) is 0 Å². The second kappa shape index (κ2) is 9.78. The van der Waals surface area contributed by atoms with Gasteiger partial charge in [0, 0.05) is 0 Å². The van der Waals surface area contributed by atoms with E-state index in [1.54, 1.807) is 31.2 Å². The zero-order valence-corrected chi connectivity index (χ0v) is 15.5. The fourth-order valence-corrected chi connectivity index (χ4v) is 2.17. The van der Waals surface area contributed by atoms with Gasteiger partial charge in [0.05, 0.1) is 5.56 Å². The molecule has 0 heterocycles. The highest BCUT2D eigenvalue weighted by Crippen LogP contribution is 2.24. The van der Waals surface area contributed by atoms with Crippen LogP contribution in [-0.2, 0) is 4.79 Å². The topological polar surface area (TPSA) is 93.1 Å². The van der Waals surface area contributed by atoms with E-state index < -0.39 is 5.97 Å². The second-order valence-electron chi connectivity index (χ2n) is 5.91. The highest BCUT2D eigenvalue weighted by molar-refractivity contribution is 5.91. The van der Waals surface area contributed by atoms with Gasteiger partial charge in [0.15, 0.2) is 0 Å². The molecule has 0 aliphatic rings. The minimum atomic E-state index is -0.530. The first-order valence-electron chi connectivity index (χ1n) is 8.37. The molecule has 28 heavy (non-hydrogen) atoms. The summed E-state index contributed by atoms with van der Waals surface area (Å²) in [6.07, 6.45) is 0. The lowest BCUT2D eigenvalue weighted by Crippen LogP contribution is -2.09. The van der Waals surface area contributed by atoms with Crippen molar-refractivity contribution in [2.75, 3.05) is 0 Å². The minimum Gasteiger partial charge on any atom is -0.508 e. The van der Waals surface area contributed by atoms with Gasteiger partial charge in [-0.2, -0.15) is 0 Å². The maximum absolute atomic E-state index is 11.9. The van der Waals surface area contributed by atoms with E-state index in [0.717, 1.165) is 0 Å². The molecule has 0 amide bonds. The molecule has 0 aromatic heterocycles. The monoisotopic (exact) mass is 380 g/mol. The van der Waals surface area contributed by atoms with Crippen molar-refractivity contribution in [1.29, 1.82) is 0 Å².